The summed E-state index contributed by atoms with van der Waals surface area (Å²) < 4.78 is 0. The van der Waals surface area contributed by atoms with Crippen molar-refractivity contribution in [3.63, 3.8) is 0 Å². The van der Waals surface area contributed by atoms with E-state index in [4.69, 9.17) is 0 Å². The van der Waals surface area contributed by atoms with E-state index in [1.54, 1.807) is 0 Å². The SMILES string of the molecule is CCc1cnc(CC[C@H]2CC[C@H]([C@H]3CC[C@H](CC)CC3)CC2)nc1. The van der Waals surface area contributed by atoms with Crippen LogP contribution in [0.4, 0.5) is 0 Å². The molecule has 2 saturated carbocycles. The second-order valence-corrected chi connectivity index (χ2v) is 8.37. The van der Waals surface area contributed by atoms with Crippen LogP contribution in [0.2, 0.25) is 0 Å². The van der Waals surface area contributed by atoms with Gasteiger partial charge in [-0.2, -0.15) is 0 Å². The average Bonchev–Trinajstić information content (AvgIpc) is 2.67. The van der Waals surface area contributed by atoms with E-state index in [9.17, 15) is 0 Å². The minimum absolute atomic E-state index is 0.919. The molecule has 0 N–H and O–H groups in total. The number of nitrogens with zero attached hydrogens (tertiary/aromatic N) is 2. The molecule has 0 unspecified atom stereocenters. The minimum Gasteiger partial charge on any atom is -0.241 e. The molecule has 0 aliphatic heterocycles. The van der Waals surface area contributed by atoms with Crippen molar-refractivity contribution >= 4 is 0 Å². The van der Waals surface area contributed by atoms with Gasteiger partial charge in [0, 0.05) is 18.8 Å². The minimum atomic E-state index is 0.919. The van der Waals surface area contributed by atoms with E-state index in [2.05, 4.69) is 23.8 Å². The third kappa shape index (κ3) is 4.80. The highest BCUT2D eigenvalue weighted by Gasteiger charge is 2.30. The van der Waals surface area contributed by atoms with E-state index < -0.39 is 0 Å². The lowest BCUT2D eigenvalue weighted by molar-refractivity contribution is 0.142. The summed E-state index contributed by atoms with van der Waals surface area (Å²) in [5, 5.41) is 0. The Morgan fingerprint density at radius 2 is 1.33 bits per heavy atom. The molecule has 2 fully saturated rings. The normalized spacial score (nSPS) is 31.1. The van der Waals surface area contributed by atoms with Gasteiger partial charge in [0.05, 0.1) is 0 Å². The Bertz CT molecular complexity index is 465. The van der Waals surface area contributed by atoms with Crippen LogP contribution in [0.3, 0.4) is 0 Å². The molecule has 3 rings (SSSR count). The predicted octanol–water partition coefficient (Wildman–Crippen LogP) is 5.99. The van der Waals surface area contributed by atoms with Crippen molar-refractivity contribution in [2.45, 2.75) is 90.9 Å². The van der Waals surface area contributed by atoms with Gasteiger partial charge in [0.2, 0.25) is 0 Å². The molecule has 134 valence electrons. The van der Waals surface area contributed by atoms with Crippen molar-refractivity contribution in [2.75, 3.05) is 0 Å². The van der Waals surface area contributed by atoms with Crippen LogP contribution in [0.25, 0.3) is 0 Å². The molecule has 0 radical (unpaired) electrons. The lowest BCUT2D eigenvalue weighted by Crippen LogP contribution is -2.26. The van der Waals surface area contributed by atoms with Crippen molar-refractivity contribution in [2.24, 2.45) is 23.7 Å². The third-order valence-electron chi connectivity index (χ3n) is 6.97. The van der Waals surface area contributed by atoms with E-state index in [0.717, 1.165) is 42.3 Å². The predicted molar refractivity (Wildman–Crippen MR) is 101 cm³/mol. The van der Waals surface area contributed by atoms with Gasteiger partial charge in [0.15, 0.2) is 0 Å². The van der Waals surface area contributed by atoms with Gasteiger partial charge in [-0.3, -0.25) is 0 Å². The molecule has 2 nitrogen and oxygen atoms in total. The maximum Gasteiger partial charge on any atom is 0.128 e. The number of aryl methyl sites for hydroxylation is 2. The van der Waals surface area contributed by atoms with Gasteiger partial charge >= 0.3 is 0 Å². The molecule has 2 aliphatic rings. The van der Waals surface area contributed by atoms with Crippen LogP contribution in [-0.2, 0) is 12.8 Å². The summed E-state index contributed by atoms with van der Waals surface area (Å²) in [5.41, 5.74) is 1.25. The highest BCUT2D eigenvalue weighted by molar-refractivity contribution is 5.04. The molecule has 2 aliphatic carbocycles. The Morgan fingerprint density at radius 3 is 1.83 bits per heavy atom. The monoisotopic (exact) mass is 328 g/mol. The first kappa shape index (κ1) is 17.9. The topological polar surface area (TPSA) is 25.8 Å². The van der Waals surface area contributed by atoms with Gasteiger partial charge in [-0.05, 0) is 67.8 Å². The summed E-state index contributed by atoms with van der Waals surface area (Å²) in [4.78, 5) is 9.05. The molecule has 24 heavy (non-hydrogen) atoms. The van der Waals surface area contributed by atoms with Crippen LogP contribution in [0.1, 0.15) is 89.4 Å². The van der Waals surface area contributed by atoms with E-state index in [0.29, 0.717) is 0 Å². The van der Waals surface area contributed by atoms with Crippen LogP contribution in [-0.4, -0.2) is 9.97 Å². The highest BCUT2D eigenvalue weighted by atomic mass is 14.9. The van der Waals surface area contributed by atoms with Gasteiger partial charge < -0.3 is 0 Å². The van der Waals surface area contributed by atoms with Crippen molar-refractivity contribution in [1.82, 2.24) is 9.97 Å². The van der Waals surface area contributed by atoms with Gasteiger partial charge in [-0.15, -0.1) is 0 Å². The molecule has 2 heteroatoms. The van der Waals surface area contributed by atoms with Crippen LogP contribution in [0.5, 0.6) is 0 Å². The molecular weight excluding hydrogens is 292 g/mol. The van der Waals surface area contributed by atoms with Gasteiger partial charge in [0.1, 0.15) is 5.82 Å². The molecule has 0 saturated heterocycles. The first-order valence-electron chi connectivity index (χ1n) is 10.6. The molecule has 0 bridgehead atoms. The Morgan fingerprint density at radius 1 is 0.792 bits per heavy atom. The van der Waals surface area contributed by atoms with Gasteiger partial charge in [-0.1, -0.05) is 46.0 Å². The summed E-state index contributed by atoms with van der Waals surface area (Å²) in [6, 6.07) is 0. The van der Waals surface area contributed by atoms with E-state index in [1.165, 1.54) is 69.8 Å². The molecule has 0 amide bonds. The van der Waals surface area contributed by atoms with E-state index >= 15 is 0 Å². The number of hydrogen-bond acceptors (Lipinski definition) is 2. The second-order valence-electron chi connectivity index (χ2n) is 8.37. The summed E-state index contributed by atoms with van der Waals surface area (Å²) in [6.45, 7) is 4.53. The number of hydrogen-bond donors (Lipinski definition) is 0. The zero-order valence-corrected chi connectivity index (χ0v) is 15.8. The molecule has 0 atom stereocenters. The maximum absolute atomic E-state index is 4.53. The Labute approximate surface area is 148 Å². The maximum atomic E-state index is 4.53. The summed E-state index contributed by atoms with van der Waals surface area (Å²) in [6.07, 6.45) is 20.7. The fraction of sp³-hybridized carbons (Fsp3) is 0.818. The van der Waals surface area contributed by atoms with Gasteiger partial charge in [0.25, 0.3) is 0 Å². The Balaban J connectivity index is 1.37. The fourth-order valence-corrected chi connectivity index (χ4v) is 5.04. The first-order valence-corrected chi connectivity index (χ1v) is 10.6. The third-order valence-corrected chi connectivity index (χ3v) is 6.97. The fourth-order valence-electron chi connectivity index (χ4n) is 5.04. The number of rotatable bonds is 6. The van der Waals surface area contributed by atoms with Crippen LogP contribution in [0, 0.1) is 23.7 Å². The van der Waals surface area contributed by atoms with Crippen LogP contribution < -0.4 is 0 Å². The summed E-state index contributed by atoms with van der Waals surface area (Å²) >= 11 is 0. The largest absolute Gasteiger partial charge is 0.241 e. The Kier molecular flexibility index (Phi) is 6.68. The molecule has 0 aromatic carbocycles. The first-order chi connectivity index (χ1) is 11.8. The molecule has 0 spiro atoms. The molecule has 1 aromatic heterocycles. The molecule has 1 aromatic rings. The molecule has 1 heterocycles. The summed E-state index contributed by atoms with van der Waals surface area (Å²) in [7, 11) is 0. The van der Waals surface area contributed by atoms with E-state index in [1.807, 2.05) is 12.4 Å². The quantitative estimate of drug-likeness (QED) is 0.640. The van der Waals surface area contributed by atoms with Crippen LogP contribution in [0.15, 0.2) is 12.4 Å². The summed E-state index contributed by atoms with van der Waals surface area (Å²) in [5.74, 6) is 5.10. The standard InChI is InChI=1S/C22H36N2/c1-3-17-5-10-20(11-6-17)21-12-7-19(8-13-21)9-14-22-23-15-18(4-2)16-24-22/h15-17,19-21H,3-14H2,1-2H3/t17-,19-,20-,21-. The van der Waals surface area contributed by atoms with E-state index in [-0.39, 0.29) is 0 Å². The zero-order valence-electron chi connectivity index (χ0n) is 15.8. The Hall–Kier alpha value is -0.920. The smallest absolute Gasteiger partial charge is 0.128 e. The van der Waals surface area contributed by atoms with Crippen LogP contribution >= 0.6 is 0 Å². The van der Waals surface area contributed by atoms with Gasteiger partial charge in [-0.25, -0.2) is 9.97 Å². The van der Waals surface area contributed by atoms with Crippen molar-refractivity contribution < 1.29 is 0 Å². The van der Waals surface area contributed by atoms with Crippen molar-refractivity contribution in [3.8, 4) is 0 Å². The molecular formula is C22H36N2. The lowest BCUT2D eigenvalue weighted by Gasteiger charge is -2.37. The average molecular weight is 329 g/mol. The zero-order chi connectivity index (χ0) is 16.8. The lowest BCUT2D eigenvalue weighted by atomic mass is 9.68. The number of aromatic nitrogens is 2. The van der Waals surface area contributed by atoms with Crippen molar-refractivity contribution in [1.29, 1.82) is 0 Å². The second kappa shape index (κ2) is 8.97. The van der Waals surface area contributed by atoms with Crippen molar-refractivity contribution in [3.05, 3.63) is 23.8 Å². The highest BCUT2D eigenvalue weighted by Crippen LogP contribution is 2.42.